The molecule has 0 spiro atoms. The van der Waals surface area contributed by atoms with Gasteiger partial charge < -0.3 is 14.3 Å². The van der Waals surface area contributed by atoms with Crippen LogP contribution in [0, 0.1) is 0 Å². The van der Waals surface area contributed by atoms with Gasteiger partial charge >= 0.3 is 5.97 Å². The molecule has 0 saturated carbocycles. The molecule has 2 rings (SSSR count). The summed E-state index contributed by atoms with van der Waals surface area (Å²) in [4.78, 5) is 23.6. The molecule has 0 aliphatic heterocycles. The number of ether oxygens (including phenoxy) is 1. The molecule has 0 bridgehead atoms. The zero-order valence-electron chi connectivity index (χ0n) is 12.8. The Bertz CT molecular complexity index is 730. The smallest absolute Gasteiger partial charge is 0.306 e. The zero-order chi connectivity index (χ0) is 16.1. The van der Waals surface area contributed by atoms with Gasteiger partial charge in [-0.05, 0) is 25.5 Å². The topological polar surface area (TPSA) is 76.7 Å². The van der Waals surface area contributed by atoms with Crippen LogP contribution in [0.4, 0.5) is 0 Å². The van der Waals surface area contributed by atoms with E-state index in [4.69, 9.17) is 9.15 Å². The molecule has 5 heteroatoms. The summed E-state index contributed by atoms with van der Waals surface area (Å²) in [5.74, 6) is 0.225. The minimum Gasteiger partial charge on any atom is -0.508 e. The first-order chi connectivity index (χ1) is 10.6. The Kier molecular flexibility index (Phi) is 5.20. The molecule has 0 atom stereocenters. The fourth-order valence-corrected chi connectivity index (χ4v) is 2.39. The lowest BCUT2D eigenvalue weighted by Crippen LogP contribution is -2.08. The first-order valence-corrected chi connectivity index (χ1v) is 7.50. The maximum atomic E-state index is 12.2. The summed E-state index contributed by atoms with van der Waals surface area (Å²) in [6.07, 6.45) is 1.90. The molecule has 5 nitrogen and oxygen atoms in total. The Morgan fingerprint density at radius 1 is 1.27 bits per heavy atom. The van der Waals surface area contributed by atoms with Gasteiger partial charge in [-0.25, -0.2) is 0 Å². The van der Waals surface area contributed by atoms with E-state index < -0.39 is 0 Å². The molecule has 0 aliphatic carbocycles. The van der Waals surface area contributed by atoms with Crippen molar-refractivity contribution in [2.75, 3.05) is 6.61 Å². The average molecular weight is 304 g/mol. The predicted molar refractivity (Wildman–Crippen MR) is 83.1 cm³/mol. The van der Waals surface area contributed by atoms with Crippen LogP contribution >= 0.6 is 0 Å². The normalized spacial score (nSPS) is 10.8. The summed E-state index contributed by atoms with van der Waals surface area (Å²) in [5, 5.41) is 10.4. The Morgan fingerprint density at radius 2 is 2.05 bits per heavy atom. The second-order valence-corrected chi connectivity index (χ2v) is 5.07. The van der Waals surface area contributed by atoms with Crippen molar-refractivity contribution in [1.29, 1.82) is 0 Å². The number of phenols is 1. The number of aromatic hydroxyl groups is 1. The zero-order valence-corrected chi connectivity index (χ0v) is 12.8. The lowest BCUT2D eigenvalue weighted by molar-refractivity contribution is -0.143. The van der Waals surface area contributed by atoms with Crippen molar-refractivity contribution in [3.63, 3.8) is 0 Å². The van der Waals surface area contributed by atoms with Crippen LogP contribution in [0.1, 0.15) is 38.0 Å². The summed E-state index contributed by atoms with van der Waals surface area (Å²) in [5.41, 5.74) is 0.876. The van der Waals surface area contributed by atoms with Gasteiger partial charge in [-0.2, -0.15) is 0 Å². The molecule has 1 heterocycles. The van der Waals surface area contributed by atoms with Gasteiger partial charge in [0.05, 0.1) is 18.4 Å². The van der Waals surface area contributed by atoms with Crippen molar-refractivity contribution in [2.24, 2.45) is 0 Å². The fraction of sp³-hybridized carbons (Fsp3) is 0.412. The van der Waals surface area contributed by atoms with Crippen LogP contribution in [0.3, 0.4) is 0 Å². The van der Waals surface area contributed by atoms with Gasteiger partial charge in [-0.3, -0.25) is 9.59 Å². The van der Waals surface area contributed by atoms with Crippen LogP contribution in [0.15, 0.2) is 27.4 Å². The van der Waals surface area contributed by atoms with E-state index in [1.807, 2.05) is 6.92 Å². The van der Waals surface area contributed by atoms with Crippen molar-refractivity contribution < 1.29 is 19.1 Å². The number of fused-ring (bicyclic) bond motifs is 1. The molecule has 0 saturated heterocycles. The molecular weight excluding hydrogens is 284 g/mol. The number of esters is 1. The number of carbonyl (C=O) groups excluding carboxylic acids is 1. The van der Waals surface area contributed by atoms with E-state index in [-0.39, 0.29) is 23.6 Å². The van der Waals surface area contributed by atoms with Gasteiger partial charge in [0.25, 0.3) is 0 Å². The van der Waals surface area contributed by atoms with E-state index >= 15 is 0 Å². The van der Waals surface area contributed by atoms with E-state index in [1.165, 1.54) is 12.1 Å². The predicted octanol–water partition coefficient (Wildman–Crippen LogP) is 2.95. The molecule has 1 N–H and O–H groups in total. The van der Waals surface area contributed by atoms with E-state index in [0.29, 0.717) is 41.7 Å². The molecule has 22 heavy (non-hydrogen) atoms. The molecule has 0 unspecified atom stereocenters. The molecule has 0 amide bonds. The molecular formula is C17H20O5. The monoisotopic (exact) mass is 304 g/mol. The van der Waals surface area contributed by atoms with E-state index in [2.05, 4.69) is 0 Å². The van der Waals surface area contributed by atoms with Gasteiger partial charge in [0, 0.05) is 18.1 Å². The van der Waals surface area contributed by atoms with Gasteiger partial charge in [0.2, 0.25) is 0 Å². The highest BCUT2D eigenvalue weighted by Gasteiger charge is 2.13. The molecule has 0 radical (unpaired) electrons. The van der Waals surface area contributed by atoms with E-state index in [0.717, 1.165) is 6.42 Å². The molecule has 1 aromatic heterocycles. The standard InChI is InChI=1S/C17H20O5/c1-3-5-12-14(18)8-7-13-15(19)10-11(22-17(12)13)6-9-16(20)21-4-2/h7-8,10,18H,3-6,9H2,1-2H3. The van der Waals surface area contributed by atoms with Crippen molar-refractivity contribution >= 4 is 16.9 Å². The minimum atomic E-state index is -0.324. The largest absolute Gasteiger partial charge is 0.508 e. The maximum Gasteiger partial charge on any atom is 0.306 e. The Hall–Kier alpha value is -2.30. The number of phenolic OH excluding ortho intramolecular Hbond substituents is 1. The lowest BCUT2D eigenvalue weighted by atomic mass is 10.0. The second-order valence-electron chi connectivity index (χ2n) is 5.07. The Morgan fingerprint density at radius 3 is 2.73 bits per heavy atom. The summed E-state index contributed by atoms with van der Waals surface area (Å²) < 4.78 is 10.6. The molecule has 1 aromatic carbocycles. The number of hydrogen-bond donors (Lipinski definition) is 1. The number of hydrogen-bond acceptors (Lipinski definition) is 5. The third-order valence-electron chi connectivity index (χ3n) is 3.41. The highest BCUT2D eigenvalue weighted by atomic mass is 16.5. The highest BCUT2D eigenvalue weighted by Crippen LogP contribution is 2.27. The average Bonchev–Trinajstić information content (AvgIpc) is 2.48. The molecule has 0 aliphatic rings. The van der Waals surface area contributed by atoms with Gasteiger partial charge in [0.1, 0.15) is 17.1 Å². The quantitative estimate of drug-likeness (QED) is 0.830. The van der Waals surface area contributed by atoms with Crippen LogP contribution in [0.25, 0.3) is 11.0 Å². The first kappa shape index (κ1) is 16.1. The Labute approximate surface area is 128 Å². The molecule has 2 aromatic rings. The number of rotatable bonds is 6. The Balaban J connectivity index is 2.39. The lowest BCUT2D eigenvalue weighted by Gasteiger charge is -2.09. The van der Waals surface area contributed by atoms with Crippen LogP contribution < -0.4 is 5.43 Å². The van der Waals surface area contributed by atoms with Crippen molar-refractivity contribution in [1.82, 2.24) is 0 Å². The van der Waals surface area contributed by atoms with Crippen LogP contribution in [-0.2, 0) is 22.4 Å². The summed E-state index contributed by atoms with van der Waals surface area (Å²) in [7, 11) is 0. The van der Waals surface area contributed by atoms with Gasteiger partial charge in [-0.1, -0.05) is 13.3 Å². The van der Waals surface area contributed by atoms with Crippen molar-refractivity contribution in [3.05, 3.63) is 39.7 Å². The maximum absolute atomic E-state index is 12.2. The number of benzene rings is 1. The summed E-state index contributed by atoms with van der Waals surface area (Å²) in [6, 6.07) is 4.47. The first-order valence-electron chi connectivity index (χ1n) is 7.50. The second kappa shape index (κ2) is 7.11. The van der Waals surface area contributed by atoms with Crippen LogP contribution in [0.5, 0.6) is 5.75 Å². The third-order valence-corrected chi connectivity index (χ3v) is 3.41. The molecule has 0 fully saturated rings. The third kappa shape index (κ3) is 3.47. The van der Waals surface area contributed by atoms with E-state index in [1.54, 1.807) is 13.0 Å². The van der Waals surface area contributed by atoms with Gasteiger partial charge in [-0.15, -0.1) is 0 Å². The van der Waals surface area contributed by atoms with Gasteiger partial charge in [0.15, 0.2) is 5.43 Å². The van der Waals surface area contributed by atoms with Crippen LogP contribution in [-0.4, -0.2) is 17.7 Å². The summed E-state index contributed by atoms with van der Waals surface area (Å²) in [6.45, 7) is 4.06. The van der Waals surface area contributed by atoms with Crippen LogP contribution in [0.2, 0.25) is 0 Å². The summed E-state index contributed by atoms with van der Waals surface area (Å²) >= 11 is 0. The van der Waals surface area contributed by atoms with Crippen molar-refractivity contribution in [2.45, 2.75) is 39.5 Å². The van der Waals surface area contributed by atoms with E-state index in [9.17, 15) is 14.7 Å². The number of aryl methyl sites for hydroxylation is 2. The SMILES string of the molecule is CCCc1c(O)ccc2c(=O)cc(CCC(=O)OCC)oc12. The number of carbonyl (C=O) groups is 1. The highest BCUT2D eigenvalue weighted by molar-refractivity contribution is 5.82. The fourth-order valence-electron chi connectivity index (χ4n) is 2.39. The molecule has 118 valence electrons. The van der Waals surface area contributed by atoms with Crippen molar-refractivity contribution in [3.8, 4) is 5.75 Å². The minimum absolute atomic E-state index is 0.125.